The molecule has 0 aliphatic heterocycles. The molecule has 0 bridgehead atoms. The lowest BCUT2D eigenvalue weighted by Crippen LogP contribution is -2.04. The number of rotatable bonds is 4. The second kappa shape index (κ2) is 5.26. The molecule has 0 atom stereocenters. The summed E-state index contributed by atoms with van der Waals surface area (Å²) in [6.45, 7) is 2.53. The average Bonchev–Trinajstić information content (AvgIpc) is 2.30. The number of hydrogen-bond acceptors (Lipinski definition) is 3. The van der Waals surface area contributed by atoms with Gasteiger partial charge in [0.05, 0.1) is 6.61 Å². The van der Waals surface area contributed by atoms with Gasteiger partial charge in [-0.25, -0.2) is 9.97 Å². The Morgan fingerprint density at radius 1 is 1.12 bits per heavy atom. The molecule has 2 aromatic rings. The smallest absolute Gasteiger partial charge is 0.316 e. The molecule has 0 aliphatic carbocycles. The lowest BCUT2D eigenvalue weighted by atomic mass is 10.2. The van der Waals surface area contributed by atoms with Crippen molar-refractivity contribution in [1.82, 2.24) is 9.97 Å². The van der Waals surface area contributed by atoms with Gasteiger partial charge in [-0.05, 0) is 18.6 Å². The summed E-state index contributed by atoms with van der Waals surface area (Å²) >= 11 is 0. The molecular formula is C13H14N2O. The van der Waals surface area contributed by atoms with Gasteiger partial charge in [0.2, 0.25) is 0 Å². The molecule has 0 spiro atoms. The fourth-order valence-corrected chi connectivity index (χ4v) is 1.40. The monoisotopic (exact) mass is 214 g/mol. The second-order valence-electron chi connectivity index (χ2n) is 3.56. The van der Waals surface area contributed by atoms with Crippen LogP contribution < -0.4 is 4.74 Å². The Morgan fingerprint density at radius 3 is 2.69 bits per heavy atom. The first-order chi connectivity index (χ1) is 7.84. The molecule has 0 unspecified atom stereocenters. The first-order valence-electron chi connectivity index (χ1n) is 5.31. The molecule has 82 valence electrons. The standard InChI is InChI=1S/C13H14N2O/c1-11-7-9-14-13(15-11)16-10-8-12-5-3-2-4-6-12/h2-7,9H,8,10H2,1H3. The minimum Gasteiger partial charge on any atom is -0.463 e. The van der Waals surface area contributed by atoms with E-state index in [1.165, 1.54) is 5.56 Å². The van der Waals surface area contributed by atoms with Crippen molar-refractivity contribution in [2.75, 3.05) is 6.61 Å². The molecule has 3 heteroatoms. The predicted octanol–water partition coefficient (Wildman–Crippen LogP) is 2.41. The van der Waals surface area contributed by atoms with E-state index in [0.29, 0.717) is 12.6 Å². The van der Waals surface area contributed by atoms with Crippen LogP contribution in [0.25, 0.3) is 0 Å². The van der Waals surface area contributed by atoms with Crippen molar-refractivity contribution in [3.8, 4) is 6.01 Å². The van der Waals surface area contributed by atoms with E-state index < -0.39 is 0 Å². The maximum atomic E-state index is 5.47. The highest BCUT2D eigenvalue weighted by atomic mass is 16.5. The van der Waals surface area contributed by atoms with Gasteiger partial charge in [-0.15, -0.1) is 0 Å². The Bertz CT molecular complexity index is 443. The maximum absolute atomic E-state index is 5.47. The molecule has 0 N–H and O–H groups in total. The van der Waals surface area contributed by atoms with E-state index in [-0.39, 0.29) is 0 Å². The van der Waals surface area contributed by atoms with Crippen LogP contribution in [0.3, 0.4) is 0 Å². The Morgan fingerprint density at radius 2 is 1.94 bits per heavy atom. The molecular weight excluding hydrogens is 200 g/mol. The Hall–Kier alpha value is -1.90. The normalized spacial score (nSPS) is 10.1. The second-order valence-corrected chi connectivity index (χ2v) is 3.56. The lowest BCUT2D eigenvalue weighted by molar-refractivity contribution is 0.295. The topological polar surface area (TPSA) is 35.0 Å². The molecule has 16 heavy (non-hydrogen) atoms. The van der Waals surface area contributed by atoms with E-state index in [9.17, 15) is 0 Å². The van der Waals surface area contributed by atoms with Crippen LogP contribution in [-0.2, 0) is 6.42 Å². The van der Waals surface area contributed by atoms with Crippen molar-refractivity contribution in [3.63, 3.8) is 0 Å². The molecule has 0 saturated carbocycles. The van der Waals surface area contributed by atoms with Crippen molar-refractivity contribution in [2.45, 2.75) is 13.3 Å². The number of benzene rings is 1. The van der Waals surface area contributed by atoms with Crippen molar-refractivity contribution in [2.24, 2.45) is 0 Å². The summed E-state index contributed by atoms with van der Waals surface area (Å²) in [4.78, 5) is 8.21. The minimum absolute atomic E-state index is 0.455. The van der Waals surface area contributed by atoms with Crippen LogP contribution in [0.4, 0.5) is 0 Å². The SMILES string of the molecule is Cc1ccnc(OCCc2ccccc2)n1. The van der Waals surface area contributed by atoms with E-state index in [0.717, 1.165) is 12.1 Å². The molecule has 1 aromatic carbocycles. The van der Waals surface area contributed by atoms with Crippen LogP contribution >= 0.6 is 0 Å². The lowest BCUT2D eigenvalue weighted by Gasteiger charge is -2.04. The van der Waals surface area contributed by atoms with Crippen LogP contribution in [0.1, 0.15) is 11.3 Å². The number of aryl methyl sites for hydroxylation is 1. The number of hydrogen-bond donors (Lipinski definition) is 0. The first-order valence-corrected chi connectivity index (χ1v) is 5.31. The van der Waals surface area contributed by atoms with Gasteiger partial charge < -0.3 is 4.74 Å². The van der Waals surface area contributed by atoms with E-state index in [1.807, 2.05) is 31.2 Å². The van der Waals surface area contributed by atoms with Crippen molar-refractivity contribution in [1.29, 1.82) is 0 Å². The van der Waals surface area contributed by atoms with Crippen LogP contribution in [0.2, 0.25) is 0 Å². The van der Waals surface area contributed by atoms with E-state index in [1.54, 1.807) is 6.20 Å². The highest BCUT2D eigenvalue weighted by Gasteiger charge is 1.97. The third-order valence-electron chi connectivity index (χ3n) is 2.24. The third kappa shape index (κ3) is 3.05. The summed E-state index contributed by atoms with van der Waals surface area (Å²) in [7, 11) is 0. The van der Waals surface area contributed by atoms with E-state index in [4.69, 9.17) is 4.74 Å². The van der Waals surface area contributed by atoms with Gasteiger partial charge in [-0.3, -0.25) is 0 Å². The van der Waals surface area contributed by atoms with Crippen molar-refractivity contribution in [3.05, 3.63) is 53.9 Å². The van der Waals surface area contributed by atoms with Crippen molar-refractivity contribution >= 4 is 0 Å². The summed E-state index contributed by atoms with van der Waals surface area (Å²) in [5.74, 6) is 0. The molecule has 0 radical (unpaired) electrons. The van der Waals surface area contributed by atoms with Gasteiger partial charge in [0, 0.05) is 18.3 Å². The molecule has 0 saturated heterocycles. The maximum Gasteiger partial charge on any atom is 0.316 e. The summed E-state index contributed by atoms with van der Waals surface area (Å²) in [5, 5.41) is 0. The van der Waals surface area contributed by atoms with Gasteiger partial charge in [0.25, 0.3) is 0 Å². The van der Waals surface area contributed by atoms with Gasteiger partial charge in [-0.1, -0.05) is 30.3 Å². The van der Waals surface area contributed by atoms with E-state index >= 15 is 0 Å². The minimum atomic E-state index is 0.455. The van der Waals surface area contributed by atoms with Crippen LogP contribution in [0.15, 0.2) is 42.6 Å². The fourth-order valence-electron chi connectivity index (χ4n) is 1.40. The molecule has 0 fully saturated rings. The van der Waals surface area contributed by atoms with Gasteiger partial charge >= 0.3 is 6.01 Å². The quantitative estimate of drug-likeness (QED) is 0.784. The molecule has 0 amide bonds. The average molecular weight is 214 g/mol. The molecule has 1 aromatic heterocycles. The largest absolute Gasteiger partial charge is 0.463 e. The third-order valence-corrected chi connectivity index (χ3v) is 2.24. The van der Waals surface area contributed by atoms with Crippen LogP contribution in [0, 0.1) is 6.92 Å². The number of aromatic nitrogens is 2. The number of nitrogens with zero attached hydrogens (tertiary/aromatic N) is 2. The first kappa shape index (κ1) is 10.6. The molecule has 2 rings (SSSR count). The summed E-state index contributed by atoms with van der Waals surface area (Å²) in [6.07, 6.45) is 2.58. The summed E-state index contributed by atoms with van der Waals surface area (Å²) in [6, 6.07) is 12.5. The zero-order chi connectivity index (χ0) is 11.2. The zero-order valence-electron chi connectivity index (χ0n) is 9.26. The van der Waals surface area contributed by atoms with Crippen molar-refractivity contribution < 1.29 is 4.74 Å². The van der Waals surface area contributed by atoms with Crippen LogP contribution in [-0.4, -0.2) is 16.6 Å². The fraction of sp³-hybridized carbons (Fsp3) is 0.231. The highest BCUT2D eigenvalue weighted by Crippen LogP contribution is 2.04. The molecule has 0 aliphatic rings. The van der Waals surface area contributed by atoms with Gasteiger partial charge in [-0.2, -0.15) is 0 Å². The van der Waals surface area contributed by atoms with Gasteiger partial charge in [0.1, 0.15) is 0 Å². The zero-order valence-corrected chi connectivity index (χ0v) is 9.26. The summed E-state index contributed by atoms with van der Waals surface area (Å²) < 4.78 is 5.47. The Balaban J connectivity index is 1.85. The molecule has 3 nitrogen and oxygen atoms in total. The molecule has 1 heterocycles. The Labute approximate surface area is 95.1 Å². The van der Waals surface area contributed by atoms with Gasteiger partial charge in [0.15, 0.2) is 0 Å². The predicted molar refractivity (Wildman–Crippen MR) is 62.4 cm³/mol. The summed E-state index contributed by atoms with van der Waals surface area (Å²) in [5.41, 5.74) is 2.18. The Kier molecular flexibility index (Phi) is 3.49. The van der Waals surface area contributed by atoms with Crippen LogP contribution in [0.5, 0.6) is 6.01 Å². The highest BCUT2D eigenvalue weighted by molar-refractivity contribution is 5.14. The van der Waals surface area contributed by atoms with E-state index in [2.05, 4.69) is 22.1 Å². The number of ether oxygens (including phenoxy) is 1.